The Labute approximate surface area is 150 Å². The summed E-state index contributed by atoms with van der Waals surface area (Å²) < 4.78 is 5.48. The molecule has 0 radical (unpaired) electrons. The number of amides is 1. The zero-order valence-corrected chi connectivity index (χ0v) is 13.9. The van der Waals surface area contributed by atoms with Gasteiger partial charge in [-0.2, -0.15) is 4.98 Å². The van der Waals surface area contributed by atoms with Gasteiger partial charge in [0.15, 0.2) is 5.69 Å². The van der Waals surface area contributed by atoms with Crippen molar-refractivity contribution in [1.82, 2.24) is 24.9 Å². The van der Waals surface area contributed by atoms with Crippen molar-refractivity contribution in [1.29, 1.82) is 0 Å². The normalized spacial score (nSPS) is 10.6. The van der Waals surface area contributed by atoms with E-state index in [0.717, 1.165) is 10.6 Å². The lowest BCUT2D eigenvalue weighted by atomic mass is 10.1. The molecule has 3 aromatic rings. The summed E-state index contributed by atoms with van der Waals surface area (Å²) in [4.78, 5) is 53.7. The highest BCUT2D eigenvalue weighted by Gasteiger charge is 2.18. The first-order chi connectivity index (χ1) is 12.9. The van der Waals surface area contributed by atoms with Crippen molar-refractivity contribution in [2.45, 2.75) is 6.54 Å². The van der Waals surface area contributed by atoms with Gasteiger partial charge in [0.05, 0.1) is 12.7 Å². The van der Waals surface area contributed by atoms with Crippen LogP contribution in [0.15, 0.2) is 35.1 Å². The summed E-state index contributed by atoms with van der Waals surface area (Å²) in [5.74, 6) is -2.71. The van der Waals surface area contributed by atoms with Gasteiger partial charge in [0.2, 0.25) is 0 Å². The van der Waals surface area contributed by atoms with Gasteiger partial charge in [-0.15, -0.1) is 0 Å². The molecule has 0 atom stereocenters. The Hall–Kier alpha value is -4.02. The predicted octanol–water partition coefficient (Wildman–Crippen LogP) is -0.168. The molecule has 0 spiro atoms. The molecule has 1 amide bonds. The van der Waals surface area contributed by atoms with E-state index >= 15 is 0 Å². The molecule has 27 heavy (non-hydrogen) atoms. The summed E-state index contributed by atoms with van der Waals surface area (Å²) in [6.45, 7) is 0.114. The smallest absolute Gasteiger partial charge is 0.363 e. The number of aromatic nitrogens is 4. The van der Waals surface area contributed by atoms with Crippen molar-refractivity contribution in [3.63, 3.8) is 0 Å². The van der Waals surface area contributed by atoms with E-state index < -0.39 is 23.5 Å². The van der Waals surface area contributed by atoms with Crippen LogP contribution in [0.25, 0.3) is 5.78 Å². The number of H-pyrrole nitrogens is 1. The number of nitrogens with one attached hydrogen (secondary N) is 2. The van der Waals surface area contributed by atoms with Crippen LogP contribution in [0.4, 0.5) is 0 Å². The lowest BCUT2D eigenvalue weighted by molar-refractivity contribution is 0.0599. The van der Waals surface area contributed by atoms with E-state index in [4.69, 9.17) is 0 Å². The van der Waals surface area contributed by atoms with Gasteiger partial charge in [0.1, 0.15) is 5.69 Å². The van der Waals surface area contributed by atoms with Crippen LogP contribution in [0.5, 0.6) is 0 Å². The van der Waals surface area contributed by atoms with Crippen LogP contribution in [-0.4, -0.2) is 49.6 Å². The fourth-order valence-corrected chi connectivity index (χ4v) is 2.31. The van der Waals surface area contributed by atoms with Crippen LogP contribution in [0.2, 0.25) is 0 Å². The molecule has 0 saturated heterocycles. The number of methoxy groups -OCH3 is 1. The monoisotopic (exact) mass is 371 g/mol. The van der Waals surface area contributed by atoms with Gasteiger partial charge in [-0.25, -0.2) is 29.0 Å². The van der Waals surface area contributed by atoms with Crippen molar-refractivity contribution >= 4 is 23.6 Å². The minimum absolute atomic E-state index is 0.114. The van der Waals surface area contributed by atoms with E-state index in [1.807, 2.05) is 0 Å². The molecule has 11 nitrogen and oxygen atoms in total. The number of hydrogen-bond donors (Lipinski definition) is 3. The number of carboxylic acids is 1. The molecule has 3 N–H and O–H groups in total. The maximum atomic E-state index is 12.3. The second-order valence-electron chi connectivity index (χ2n) is 5.37. The van der Waals surface area contributed by atoms with Gasteiger partial charge in [-0.3, -0.25) is 4.79 Å². The molecular weight excluding hydrogens is 358 g/mol. The van der Waals surface area contributed by atoms with E-state index in [1.165, 1.54) is 7.11 Å². The minimum atomic E-state index is -1.36. The number of rotatable bonds is 5. The van der Waals surface area contributed by atoms with Crippen LogP contribution in [-0.2, 0) is 11.3 Å². The zero-order chi connectivity index (χ0) is 19.6. The van der Waals surface area contributed by atoms with Gasteiger partial charge < -0.3 is 15.2 Å². The van der Waals surface area contributed by atoms with Crippen molar-refractivity contribution in [3.8, 4) is 0 Å². The highest BCUT2D eigenvalue weighted by Crippen LogP contribution is 2.08. The molecular formula is C16H13N5O6. The number of carbonyl (C=O) groups is 3. The third-order valence-electron chi connectivity index (χ3n) is 3.62. The molecule has 138 valence electrons. The first-order valence-electron chi connectivity index (χ1n) is 7.57. The Morgan fingerprint density at radius 1 is 1.22 bits per heavy atom. The van der Waals surface area contributed by atoms with Crippen molar-refractivity contribution in [3.05, 3.63) is 63.3 Å². The lowest BCUT2D eigenvalue weighted by Crippen LogP contribution is -2.25. The number of carboxylic acid groups (broad SMARTS) is 1. The van der Waals surface area contributed by atoms with Gasteiger partial charge in [-0.05, 0) is 17.7 Å². The number of fused-ring (bicyclic) bond motifs is 1. The number of aromatic amines is 1. The highest BCUT2D eigenvalue weighted by molar-refractivity contribution is 5.95. The number of esters is 1. The summed E-state index contributed by atoms with van der Waals surface area (Å²) in [7, 11) is 1.28. The van der Waals surface area contributed by atoms with Crippen molar-refractivity contribution in [2.75, 3.05) is 7.11 Å². The molecule has 3 rings (SSSR count). The zero-order valence-electron chi connectivity index (χ0n) is 13.9. The van der Waals surface area contributed by atoms with E-state index in [2.05, 4.69) is 25.1 Å². The SMILES string of the molecule is COC(=O)c1ccc(CNC(=O)c2cc(C(=O)O)n3[nH]c(=O)nc3n2)cc1. The van der Waals surface area contributed by atoms with Gasteiger partial charge in [-0.1, -0.05) is 12.1 Å². The van der Waals surface area contributed by atoms with Crippen LogP contribution >= 0.6 is 0 Å². The minimum Gasteiger partial charge on any atom is -0.477 e. The number of carbonyl (C=O) groups excluding carboxylic acids is 2. The van der Waals surface area contributed by atoms with E-state index in [9.17, 15) is 24.3 Å². The molecule has 0 bridgehead atoms. The molecule has 2 heterocycles. The second kappa shape index (κ2) is 7.07. The Kier molecular flexibility index (Phi) is 4.66. The summed E-state index contributed by atoms with van der Waals surface area (Å²) in [5.41, 5.74) is -0.276. The third-order valence-corrected chi connectivity index (χ3v) is 3.62. The Balaban J connectivity index is 1.79. The number of aromatic carboxylic acids is 1. The fraction of sp³-hybridized carbons (Fsp3) is 0.125. The van der Waals surface area contributed by atoms with Gasteiger partial charge in [0, 0.05) is 12.6 Å². The molecule has 0 fully saturated rings. The molecule has 2 aromatic heterocycles. The average molecular weight is 371 g/mol. The summed E-state index contributed by atoms with van der Waals surface area (Å²) in [6.07, 6.45) is 0. The molecule has 0 unspecified atom stereocenters. The fourth-order valence-electron chi connectivity index (χ4n) is 2.31. The molecule has 0 aliphatic heterocycles. The molecule has 0 aliphatic carbocycles. The van der Waals surface area contributed by atoms with E-state index in [1.54, 1.807) is 24.3 Å². The Morgan fingerprint density at radius 2 is 1.93 bits per heavy atom. The predicted molar refractivity (Wildman–Crippen MR) is 89.5 cm³/mol. The molecule has 0 aliphatic rings. The van der Waals surface area contributed by atoms with Crippen LogP contribution in [0.1, 0.15) is 36.9 Å². The van der Waals surface area contributed by atoms with E-state index in [-0.39, 0.29) is 23.7 Å². The quantitative estimate of drug-likeness (QED) is 0.522. The Bertz CT molecular complexity index is 1100. The molecule has 11 heteroatoms. The largest absolute Gasteiger partial charge is 0.477 e. The van der Waals surface area contributed by atoms with Crippen molar-refractivity contribution in [2.24, 2.45) is 0 Å². The van der Waals surface area contributed by atoms with Crippen molar-refractivity contribution < 1.29 is 24.2 Å². The first-order valence-corrected chi connectivity index (χ1v) is 7.57. The van der Waals surface area contributed by atoms with Gasteiger partial charge in [0.25, 0.3) is 11.7 Å². The summed E-state index contributed by atoms with van der Waals surface area (Å²) in [5, 5.41) is 14.0. The average Bonchev–Trinajstić information content (AvgIpc) is 3.04. The molecule has 0 saturated carbocycles. The van der Waals surface area contributed by atoms with Crippen LogP contribution < -0.4 is 11.0 Å². The van der Waals surface area contributed by atoms with E-state index in [0.29, 0.717) is 11.1 Å². The van der Waals surface area contributed by atoms with Gasteiger partial charge >= 0.3 is 17.6 Å². The Morgan fingerprint density at radius 3 is 2.56 bits per heavy atom. The van der Waals surface area contributed by atoms with Crippen LogP contribution in [0, 0.1) is 0 Å². The number of nitrogens with zero attached hydrogens (tertiary/aromatic N) is 3. The summed E-state index contributed by atoms with van der Waals surface area (Å²) in [6, 6.07) is 7.41. The standard InChI is InChI=1S/C16H13N5O6/c1-27-14(25)9-4-2-8(3-5-9)7-17-12(22)10-6-11(13(23)24)21-15(18-10)19-16(26)20-21/h2-6H,7H2,1H3,(H,17,22)(H,20,26)(H,23,24). The second-order valence-corrected chi connectivity index (χ2v) is 5.37. The molecule has 1 aromatic carbocycles. The third kappa shape index (κ3) is 3.66. The number of benzene rings is 1. The maximum Gasteiger partial charge on any atom is 0.363 e. The lowest BCUT2D eigenvalue weighted by Gasteiger charge is -2.07. The topological polar surface area (TPSA) is 156 Å². The summed E-state index contributed by atoms with van der Waals surface area (Å²) >= 11 is 0. The van der Waals surface area contributed by atoms with Crippen LogP contribution in [0.3, 0.4) is 0 Å². The number of ether oxygens (including phenoxy) is 1. The first kappa shape index (κ1) is 17.8. The highest BCUT2D eigenvalue weighted by atomic mass is 16.5. The number of hydrogen-bond acceptors (Lipinski definition) is 7. The maximum absolute atomic E-state index is 12.3.